The van der Waals surface area contributed by atoms with Gasteiger partial charge in [-0.05, 0) is 37.1 Å². The number of hydrogen-bond acceptors (Lipinski definition) is 2. The van der Waals surface area contributed by atoms with E-state index in [2.05, 4.69) is 33.0 Å². The van der Waals surface area contributed by atoms with E-state index in [1.165, 1.54) is 12.1 Å². The van der Waals surface area contributed by atoms with Crippen LogP contribution in [0.5, 0.6) is 0 Å². The smallest absolute Gasteiger partial charge is 0.126 e. The second-order valence-corrected chi connectivity index (χ2v) is 7.90. The molecule has 4 heteroatoms. The summed E-state index contributed by atoms with van der Waals surface area (Å²) in [5, 5.41) is 3.46. The minimum atomic E-state index is -0.502. The van der Waals surface area contributed by atoms with Crippen LogP contribution in [0.2, 0.25) is 0 Å². The van der Waals surface area contributed by atoms with E-state index in [0.29, 0.717) is 12.0 Å². The third-order valence-electron chi connectivity index (χ3n) is 2.80. The Morgan fingerprint density at radius 1 is 1.15 bits per heavy atom. The topological polar surface area (TPSA) is 12.0 Å². The van der Waals surface area contributed by atoms with Crippen LogP contribution in [-0.4, -0.2) is 23.1 Å². The molecule has 0 aliphatic heterocycles. The second-order valence-electron chi connectivity index (χ2n) is 6.06. The van der Waals surface area contributed by atoms with Crippen LogP contribution >= 0.6 is 11.8 Å². The van der Waals surface area contributed by atoms with Crippen molar-refractivity contribution in [3.05, 3.63) is 35.4 Å². The van der Waals surface area contributed by atoms with Gasteiger partial charge in [0.15, 0.2) is 0 Å². The predicted molar refractivity (Wildman–Crippen MR) is 84.4 cm³/mol. The summed E-state index contributed by atoms with van der Waals surface area (Å²) in [6.07, 6.45) is 1.70. The molecule has 0 aliphatic rings. The third-order valence-corrected chi connectivity index (χ3v) is 4.24. The van der Waals surface area contributed by atoms with Crippen molar-refractivity contribution in [3.63, 3.8) is 0 Å². The Morgan fingerprint density at radius 3 is 2.25 bits per heavy atom. The van der Waals surface area contributed by atoms with Gasteiger partial charge < -0.3 is 5.32 Å². The summed E-state index contributed by atoms with van der Waals surface area (Å²) in [6.45, 7) is 9.57. The summed E-state index contributed by atoms with van der Waals surface area (Å²) in [6, 6.07) is 4.00. The molecular weight excluding hydrogens is 276 g/mol. The van der Waals surface area contributed by atoms with Gasteiger partial charge >= 0.3 is 0 Å². The number of benzene rings is 1. The van der Waals surface area contributed by atoms with E-state index >= 15 is 0 Å². The summed E-state index contributed by atoms with van der Waals surface area (Å²) >= 11 is 1.87. The first kappa shape index (κ1) is 17.4. The van der Waals surface area contributed by atoms with Crippen molar-refractivity contribution in [2.24, 2.45) is 0 Å². The molecule has 1 atom stereocenters. The molecule has 1 nitrogen and oxygen atoms in total. The maximum absolute atomic E-state index is 13.2. The van der Waals surface area contributed by atoms with Crippen molar-refractivity contribution in [2.45, 2.75) is 51.3 Å². The van der Waals surface area contributed by atoms with Gasteiger partial charge in [-0.15, -0.1) is 0 Å². The lowest BCUT2D eigenvalue weighted by molar-refractivity contribution is 0.539. The molecule has 0 spiro atoms. The van der Waals surface area contributed by atoms with Crippen molar-refractivity contribution in [1.29, 1.82) is 0 Å². The second kappa shape index (κ2) is 7.99. The average molecular weight is 301 g/mol. The zero-order valence-electron chi connectivity index (χ0n) is 12.8. The highest BCUT2D eigenvalue weighted by molar-refractivity contribution is 8.00. The Bertz CT molecular complexity index is 395. The van der Waals surface area contributed by atoms with Gasteiger partial charge in [0, 0.05) is 22.6 Å². The summed E-state index contributed by atoms with van der Waals surface area (Å²) in [7, 11) is 0. The molecule has 0 saturated carbocycles. The molecule has 0 radical (unpaired) electrons. The Morgan fingerprint density at radius 2 is 1.75 bits per heavy atom. The van der Waals surface area contributed by atoms with Crippen molar-refractivity contribution in [1.82, 2.24) is 5.32 Å². The van der Waals surface area contributed by atoms with Gasteiger partial charge in [-0.3, -0.25) is 0 Å². The zero-order valence-corrected chi connectivity index (χ0v) is 13.6. The van der Waals surface area contributed by atoms with E-state index in [0.717, 1.165) is 24.8 Å². The summed E-state index contributed by atoms with van der Waals surface area (Å²) in [5.41, 5.74) is 0.714. The average Bonchev–Trinajstić information content (AvgIpc) is 2.30. The van der Waals surface area contributed by atoms with E-state index < -0.39 is 11.6 Å². The third kappa shape index (κ3) is 7.25. The van der Waals surface area contributed by atoms with Crippen LogP contribution in [0.3, 0.4) is 0 Å². The molecule has 0 heterocycles. The Labute approximate surface area is 125 Å². The van der Waals surface area contributed by atoms with E-state index in [9.17, 15) is 8.78 Å². The summed E-state index contributed by atoms with van der Waals surface area (Å²) in [5.74, 6) is -0.0721. The van der Waals surface area contributed by atoms with Crippen molar-refractivity contribution in [2.75, 3.05) is 12.3 Å². The Kier molecular flexibility index (Phi) is 6.96. The standard InChI is InChI=1S/C16H25F2NS/c1-5-6-19-15(11-20-16(2,3)4)9-12-7-13(17)10-14(18)8-12/h7-8,10,15,19H,5-6,9,11H2,1-4H3. The van der Waals surface area contributed by atoms with E-state index in [-0.39, 0.29) is 10.8 Å². The highest BCUT2D eigenvalue weighted by atomic mass is 32.2. The van der Waals surface area contributed by atoms with Gasteiger partial charge in [0.05, 0.1) is 0 Å². The first-order chi connectivity index (χ1) is 9.30. The van der Waals surface area contributed by atoms with Crippen LogP contribution in [0.4, 0.5) is 8.78 Å². The van der Waals surface area contributed by atoms with Crippen LogP contribution in [0.15, 0.2) is 18.2 Å². The molecule has 1 unspecified atom stereocenters. The molecule has 0 aromatic heterocycles. The fourth-order valence-corrected chi connectivity index (χ4v) is 2.84. The number of hydrogen-bond donors (Lipinski definition) is 1. The first-order valence-corrected chi connectivity index (χ1v) is 8.11. The highest BCUT2D eigenvalue weighted by Crippen LogP contribution is 2.24. The monoisotopic (exact) mass is 301 g/mol. The molecule has 1 N–H and O–H groups in total. The molecule has 1 aromatic carbocycles. The van der Waals surface area contributed by atoms with Crippen molar-refractivity contribution >= 4 is 11.8 Å². The van der Waals surface area contributed by atoms with Crippen LogP contribution in [0.25, 0.3) is 0 Å². The van der Waals surface area contributed by atoms with Gasteiger partial charge in [0.2, 0.25) is 0 Å². The molecule has 20 heavy (non-hydrogen) atoms. The maximum atomic E-state index is 13.2. The molecule has 1 aromatic rings. The van der Waals surface area contributed by atoms with Crippen LogP contribution in [0, 0.1) is 11.6 Å². The maximum Gasteiger partial charge on any atom is 0.126 e. The normalized spacial score (nSPS) is 13.5. The molecule has 114 valence electrons. The fourth-order valence-electron chi connectivity index (χ4n) is 1.90. The minimum Gasteiger partial charge on any atom is -0.313 e. The van der Waals surface area contributed by atoms with Gasteiger partial charge in [-0.2, -0.15) is 11.8 Å². The number of nitrogens with one attached hydrogen (secondary N) is 1. The van der Waals surface area contributed by atoms with Crippen LogP contribution in [0.1, 0.15) is 39.7 Å². The molecule has 0 saturated heterocycles. The molecule has 0 fully saturated rings. The number of halogens is 2. The minimum absolute atomic E-state index is 0.194. The van der Waals surface area contributed by atoms with E-state index in [1.54, 1.807) is 0 Å². The van der Waals surface area contributed by atoms with Gasteiger partial charge in [0.25, 0.3) is 0 Å². The number of rotatable bonds is 7. The first-order valence-electron chi connectivity index (χ1n) is 7.12. The summed E-state index contributed by atoms with van der Waals surface area (Å²) < 4.78 is 26.7. The van der Waals surface area contributed by atoms with Gasteiger partial charge in [0.1, 0.15) is 11.6 Å². The predicted octanol–water partition coefficient (Wildman–Crippen LogP) is 4.41. The quantitative estimate of drug-likeness (QED) is 0.801. The SMILES string of the molecule is CCCNC(CSC(C)(C)C)Cc1cc(F)cc(F)c1. The van der Waals surface area contributed by atoms with Crippen molar-refractivity contribution in [3.8, 4) is 0 Å². The molecule has 0 amide bonds. The summed E-state index contributed by atoms with van der Waals surface area (Å²) in [4.78, 5) is 0. The van der Waals surface area contributed by atoms with E-state index in [1.807, 2.05) is 11.8 Å². The van der Waals surface area contributed by atoms with Crippen LogP contribution in [-0.2, 0) is 6.42 Å². The van der Waals surface area contributed by atoms with Gasteiger partial charge in [-0.1, -0.05) is 27.7 Å². The fraction of sp³-hybridized carbons (Fsp3) is 0.625. The molecule has 1 rings (SSSR count). The Balaban J connectivity index is 2.67. The molecule has 0 bridgehead atoms. The highest BCUT2D eigenvalue weighted by Gasteiger charge is 2.16. The lowest BCUT2D eigenvalue weighted by atomic mass is 10.1. The largest absolute Gasteiger partial charge is 0.313 e. The Hall–Kier alpha value is -0.610. The molecular formula is C16H25F2NS. The number of thioether (sulfide) groups is 1. The lowest BCUT2D eigenvalue weighted by Crippen LogP contribution is -2.35. The van der Waals surface area contributed by atoms with E-state index in [4.69, 9.17) is 0 Å². The zero-order chi connectivity index (χ0) is 15.2. The van der Waals surface area contributed by atoms with Crippen molar-refractivity contribution < 1.29 is 8.78 Å². The van der Waals surface area contributed by atoms with Gasteiger partial charge in [-0.25, -0.2) is 8.78 Å². The molecule has 0 aliphatic carbocycles. The lowest BCUT2D eigenvalue weighted by Gasteiger charge is -2.24. The van der Waals surface area contributed by atoms with Crippen LogP contribution < -0.4 is 5.32 Å².